The van der Waals surface area contributed by atoms with Gasteiger partial charge in [0.1, 0.15) is 0 Å². The lowest BCUT2D eigenvalue weighted by atomic mass is 9.80. The summed E-state index contributed by atoms with van der Waals surface area (Å²) in [6.07, 6.45) is 0. The van der Waals surface area contributed by atoms with Crippen LogP contribution < -0.4 is 0 Å². The molecule has 1 atom stereocenters. The molecule has 0 bridgehead atoms. The van der Waals surface area contributed by atoms with E-state index in [1.54, 1.807) is 0 Å². The fraction of sp³-hybridized carbons (Fsp3) is 0.278. The van der Waals surface area contributed by atoms with Crippen molar-refractivity contribution in [1.29, 1.82) is 0 Å². The highest BCUT2D eigenvalue weighted by atomic mass is 35.5. The van der Waals surface area contributed by atoms with Gasteiger partial charge in [0.05, 0.1) is 11.6 Å². The summed E-state index contributed by atoms with van der Waals surface area (Å²) in [7, 11) is 0. The standard InChI is InChI=1S/C18H16ClNS/c1-11(2)17-12-8-9-15(20-3)18(19)14(12)10-21-16-7-5-4-6-13(16)17/h4-9,11,17H,10H2,1-2H3. The molecular formula is C18H16ClNS. The summed E-state index contributed by atoms with van der Waals surface area (Å²) in [5.41, 5.74) is 4.34. The summed E-state index contributed by atoms with van der Waals surface area (Å²) in [6.45, 7) is 11.7. The maximum absolute atomic E-state index is 7.25. The Morgan fingerprint density at radius 3 is 2.67 bits per heavy atom. The van der Waals surface area contributed by atoms with E-state index in [0.717, 1.165) is 11.3 Å². The van der Waals surface area contributed by atoms with Crippen molar-refractivity contribution in [1.82, 2.24) is 0 Å². The van der Waals surface area contributed by atoms with Crippen LogP contribution in [0.15, 0.2) is 41.3 Å². The van der Waals surface area contributed by atoms with Crippen LogP contribution in [0.4, 0.5) is 5.69 Å². The number of halogens is 1. The molecule has 106 valence electrons. The van der Waals surface area contributed by atoms with Gasteiger partial charge in [0, 0.05) is 16.6 Å². The van der Waals surface area contributed by atoms with Crippen LogP contribution in [-0.2, 0) is 5.75 Å². The van der Waals surface area contributed by atoms with Gasteiger partial charge < -0.3 is 0 Å². The largest absolute Gasteiger partial charge is 0.237 e. The van der Waals surface area contributed by atoms with E-state index in [2.05, 4.69) is 49.0 Å². The van der Waals surface area contributed by atoms with E-state index in [1.807, 2.05) is 17.8 Å². The molecule has 21 heavy (non-hydrogen) atoms. The number of hydrogen-bond donors (Lipinski definition) is 0. The van der Waals surface area contributed by atoms with E-state index in [0.29, 0.717) is 22.5 Å². The minimum Gasteiger partial charge on any atom is -0.237 e. The van der Waals surface area contributed by atoms with E-state index < -0.39 is 0 Å². The van der Waals surface area contributed by atoms with Crippen LogP contribution in [0, 0.1) is 12.5 Å². The van der Waals surface area contributed by atoms with E-state index >= 15 is 0 Å². The first-order valence-electron chi connectivity index (χ1n) is 7.04. The fourth-order valence-electron chi connectivity index (χ4n) is 3.05. The Morgan fingerprint density at radius 1 is 1.19 bits per heavy atom. The van der Waals surface area contributed by atoms with Gasteiger partial charge >= 0.3 is 0 Å². The quantitative estimate of drug-likeness (QED) is 0.560. The van der Waals surface area contributed by atoms with Gasteiger partial charge in [-0.1, -0.05) is 55.8 Å². The molecule has 1 heterocycles. The van der Waals surface area contributed by atoms with Gasteiger partial charge in [-0.15, -0.1) is 11.8 Å². The second kappa shape index (κ2) is 5.75. The first-order valence-corrected chi connectivity index (χ1v) is 8.40. The Kier molecular flexibility index (Phi) is 3.97. The fourth-order valence-corrected chi connectivity index (χ4v) is 4.56. The van der Waals surface area contributed by atoms with Crippen molar-refractivity contribution in [3.05, 3.63) is 69.5 Å². The summed E-state index contributed by atoms with van der Waals surface area (Å²) in [4.78, 5) is 4.86. The zero-order chi connectivity index (χ0) is 15.0. The normalized spacial score (nSPS) is 16.8. The highest BCUT2D eigenvalue weighted by Crippen LogP contribution is 2.47. The number of thioether (sulfide) groups is 1. The van der Waals surface area contributed by atoms with E-state index in [9.17, 15) is 0 Å². The summed E-state index contributed by atoms with van der Waals surface area (Å²) >= 11 is 8.30. The first kappa shape index (κ1) is 14.5. The van der Waals surface area contributed by atoms with Crippen LogP contribution in [-0.4, -0.2) is 0 Å². The predicted molar refractivity (Wildman–Crippen MR) is 90.4 cm³/mol. The molecule has 0 N–H and O–H groups in total. The zero-order valence-corrected chi connectivity index (χ0v) is 13.6. The van der Waals surface area contributed by atoms with Gasteiger partial charge in [-0.3, -0.25) is 0 Å². The highest BCUT2D eigenvalue weighted by Gasteiger charge is 2.28. The average molecular weight is 314 g/mol. The summed E-state index contributed by atoms with van der Waals surface area (Å²) in [5, 5.41) is 0.633. The Hall–Kier alpha value is -1.43. The molecule has 0 aromatic heterocycles. The molecule has 1 nitrogen and oxygen atoms in total. The molecule has 0 amide bonds. The molecule has 3 heteroatoms. The third kappa shape index (κ3) is 2.46. The molecule has 1 aliphatic heterocycles. The lowest BCUT2D eigenvalue weighted by Crippen LogP contribution is -2.10. The number of hydrogen-bond acceptors (Lipinski definition) is 1. The van der Waals surface area contributed by atoms with Gasteiger partial charge in [-0.05, 0) is 28.7 Å². The molecule has 1 aliphatic rings. The second-order valence-electron chi connectivity index (χ2n) is 5.63. The maximum Gasteiger partial charge on any atom is 0.205 e. The van der Waals surface area contributed by atoms with Crippen molar-refractivity contribution in [3.8, 4) is 0 Å². The highest BCUT2D eigenvalue weighted by molar-refractivity contribution is 7.98. The third-order valence-corrected chi connectivity index (χ3v) is 5.54. The molecule has 3 rings (SSSR count). The molecular weight excluding hydrogens is 298 g/mol. The summed E-state index contributed by atoms with van der Waals surface area (Å²) < 4.78 is 0. The zero-order valence-electron chi connectivity index (χ0n) is 12.1. The third-order valence-electron chi connectivity index (χ3n) is 4.01. The van der Waals surface area contributed by atoms with Crippen molar-refractivity contribution in [3.63, 3.8) is 0 Å². The average Bonchev–Trinajstić information content (AvgIpc) is 2.64. The minimum atomic E-state index is 0.337. The number of nitrogens with zero attached hydrogens (tertiary/aromatic N) is 1. The number of benzene rings is 2. The van der Waals surface area contributed by atoms with Crippen molar-refractivity contribution < 1.29 is 0 Å². The SMILES string of the molecule is [C-]#[N+]c1ccc2c(c1Cl)CSc1ccccc1C2C(C)C. The monoisotopic (exact) mass is 313 g/mol. The van der Waals surface area contributed by atoms with Crippen LogP contribution in [0.25, 0.3) is 4.85 Å². The van der Waals surface area contributed by atoms with Crippen LogP contribution >= 0.6 is 23.4 Å². The van der Waals surface area contributed by atoms with E-state index in [1.165, 1.54) is 16.0 Å². The van der Waals surface area contributed by atoms with Crippen molar-refractivity contribution >= 4 is 29.1 Å². The minimum absolute atomic E-state index is 0.337. The molecule has 0 fully saturated rings. The Bertz CT molecular complexity index is 730. The predicted octanol–water partition coefficient (Wildman–Crippen LogP) is 6.28. The summed E-state index contributed by atoms with van der Waals surface area (Å²) in [5.74, 6) is 1.65. The Labute approximate surface area is 135 Å². The van der Waals surface area contributed by atoms with Crippen LogP contribution in [0.3, 0.4) is 0 Å². The van der Waals surface area contributed by atoms with Crippen molar-refractivity contribution in [2.75, 3.05) is 0 Å². The maximum atomic E-state index is 7.25. The summed E-state index contributed by atoms with van der Waals surface area (Å²) in [6, 6.07) is 12.6. The van der Waals surface area contributed by atoms with Gasteiger partial charge in [0.25, 0.3) is 0 Å². The van der Waals surface area contributed by atoms with Gasteiger partial charge in [0.2, 0.25) is 5.69 Å². The van der Waals surface area contributed by atoms with Crippen LogP contribution in [0.5, 0.6) is 0 Å². The molecule has 0 spiro atoms. The topological polar surface area (TPSA) is 4.36 Å². The van der Waals surface area contributed by atoms with Crippen molar-refractivity contribution in [2.45, 2.75) is 30.4 Å². The molecule has 1 unspecified atom stereocenters. The van der Waals surface area contributed by atoms with Crippen LogP contribution in [0.1, 0.15) is 36.5 Å². The van der Waals surface area contributed by atoms with Gasteiger partial charge in [-0.25, -0.2) is 4.85 Å². The van der Waals surface area contributed by atoms with Gasteiger partial charge in [0.15, 0.2) is 0 Å². The van der Waals surface area contributed by atoms with Crippen LogP contribution in [0.2, 0.25) is 5.02 Å². The lowest BCUT2D eigenvalue weighted by molar-refractivity contribution is 0.556. The molecule has 0 saturated heterocycles. The lowest BCUT2D eigenvalue weighted by Gasteiger charge is -2.24. The van der Waals surface area contributed by atoms with Gasteiger partial charge in [-0.2, -0.15) is 0 Å². The molecule has 0 aliphatic carbocycles. The van der Waals surface area contributed by atoms with Crippen molar-refractivity contribution in [2.24, 2.45) is 5.92 Å². The van der Waals surface area contributed by atoms with E-state index in [4.69, 9.17) is 18.2 Å². The van der Waals surface area contributed by atoms with E-state index in [-0.39, 0.29) is 0 Å². The first-order chi connectivity index (χ1) is 10.1. The number of rotatable bonds is 1. The molecule has 0 radical (unpaired) electrons. The Morgan fingerprint density at radius 2 is 1.95 bits per heavy atom. The smallest absolute Gasteiger partial charge is 0.205 e. The molecule has 0 saturated carbocycles. The molecule has 2 aromatic carbocycles. The Balaban J connectivity index is 2.26. The second-order valence-corrected chi connectivity index (χ2v) is 7.02. The number of fused-ring (bicyclic) bond motifs is 2. The molecule has 2 aromatic rings.